The fraction of sp³-hybridized carbons (Fsp3) is 0.320. The zero-order valence-electron chi connectivity index (χ0n) is 18.7. The van der Waals surface area contributed by atoms with Crippen molar-refractivity contribution in [1.82, 2.24) is 20.8 Å². The Morgan fingerprint density at radius 1 is 1.17 bits per heavy atom. The first-order valence-electron chi connectivity index (χ1n) is 11.5. The summed E-state index contributed by atoms with van der Waals surface area (Å²) in [6, 6.07) is 10.0. The van der Waals surface area contributed by atoms with Crippen molar-refractivity contribution in [3.05, 3.63) is 65.6 Å². The predicted molar refractivity (Wildman–Crippen MR) is 132 cm³/mol. The molecule has 1 amide bonds. The van der Waals surface area contributed by atoms with Crippen molar-refractivity contribution in [2.24, 2.45) is 5.92 Å². The average molecular weight is 494 g/mol. The van der Waals surface area contributed by atoms with Gasteiger partial charge >= 0.3 is 0 Å². The van der Waals surface area contributed by atoms with Gasteiger partial charge in [0.2, 0.25) is 5.91 Å². The molecule has 2 saturated heterocycles. The van der Waals surface area contributed by atoms with Gasteiger partial charge in [0.25, 0.3) is 0 Å². The van der Waals surface area contributed by atoms with Crippen LogP contribution in [0, 0.1) is 11.7 Å². The number of anilines is 1. The molecule has 2 aromatic carbocycles. The Morgan fingerprint density at radius 3 is 2.89 bits per heavy atom. The second kappa shape index (κ2) is 9.19. The van der Waals surface area contributed by atoms with E-state index in [9.17, 15) is 9.90 Å². The molecule has 3 aromatic rings. The van der Waals surface area contributed by atoms with E-state index < -0.39 is 18.0 Å². The van der Waals surface area contributed by atoms with Crippen molar-refractivity contribution in [1.29, 1.82) is 0 Å². The number of amides is 1. The van der Waals surface area contributed by atoms with Crippen molar-refractivity contribution < 1.29 is 19.0 Å². The monoisotopic (exact) mass is 493 g/mol. The lowest BCUT2D eigenvalue weighted by molar-refractivity contribution is -0.127. The summed E-state index contributed by atoms with van der Waals surface area (Å²) in [7, 11) is 0. The highest BCUT2D eigenvalue weighted by molar-refractivity contribution is 8.03. The van der Waals surface area contributed by atoms with Gasteiger partial charge in [-0.3, -0.25) is 10.2 Å². The Balaban J connectivity index is 1.34. The number of nitrogens with one attached hydrogen (secondary N) is 2. The first-order valence-corrected chi connectivity index (χ1v) is 12.5. The molecule has 3 N–H and O–H groups in total. The van der Waals surface area contributed by atoms with Crippen LogP contribution in [0.1, 0.15) is 11.7 Å². The predicted octanol–water partition coefficient (Wildman–Crippen LogP) is 2.55. The Bertz CT molecular complexity index is 1320. The molecule has 2 fully saturated rings. The molecule has 1 aromatic heterocycles. The van der Waals surface area contributed by atoms with E-state index in [1.807, 2.05) is 29.7 Å². The van der Waals surface area contributed by atoms with Crippen LogP contribution in [0.2, 0.25) is 0 Å². The number of benzene rings is 2. The van der Waals surface area contributed by atoms with Crippen LogP contribution in [0.25, 0.3) is 22.2 Å². The number of hydrogen-bond acceptors (Lipinski definition) is 8. The molecule has 0 spiro atoms. The van der Waals surface area contributed by atoms with Crippen molar-refractivity contribution in [2.45, 2.75) is 17.4 Å². The van der Waals surface area contributed by atoms with E-state index in [4.69, 9.17) is 4.74 Å². The molecule has 4 heterocycles. The zero-order valence-corrected chi connectivity index (χ0v) is 19.5. The fourth-order valence-corrected chi connectivity index (χ4v) is 6.14. The molecule has 3 aliphatic rings. The maximum Gasteiger partial charge on any atom is 0.242 e. The van der Waals surface area contributed by atoms with Gasteiger partial charge in [-0.2, -0.15) is 0 Å². The summed E-state index contributed by atoms with van der Waals surface area (Å²) in [5.41, 5.74) is 8.64. The van der Waals surface area contributed by atoms with Crippen LogP contribution in [0.3, 0.4) is 0 Å². The number of aromatic nitrogens is 2. The van der Waals surface area contributed by atoms with E-state index in [0.717, 1.165) is 29.7 Å². The molecule has 180 valence electrons. The molecule has 8 nitrogen and oxygen atoms in total. The molecule has 0 saturated carbocycles. The lowest BCUT2D eigenvalue weighted by Gasteiger charge is -2.36. The SMILES string of the molecule is O=C1NNC(C(O)c2ccc(F)c(-c3ncnc4cc(N5CCOCC5)ccc34)c2)C2SC=CC12. The minimum Gasteiger partial charge on any atom is -0.387 e. The molecule has 0 radical (unpaired) electrons. The van der Waals surface area contributed by atoms with E-state index >= 15 is 4.39 Å². The quantitative estimate of drug-likeness (QED) is 0.510. The number of aliphatic hydroxyl groups excluding tert-OH is 1. The van der Waals surface area contributed by atoms with E-state index in [-0.39, 0.29) is 17.1 Å². The number of fused-ring (bicyclic) bond motifs is 2. The van der Waals surface area contributed by atoms with Crippen LogP contribution in [-0.2, 0) is 9.53 Å². The third-order valence-electron chi connectivity index (χ3n) is 6.82. The van der Waals surface area contributed by atoms with Gasteiger partial charge in [0, 0.05) is 35.0 Å². The minimum absolute atomic E-state index is 0.122. The highest BCUT2D eigenvalue weighted by atomic mass is 32.2. The number of halogens is 1. The normalized spacial score (nSPS) is 24.9. The standard InChI is InChI=1S/C25H24FN5O3S/c26-19-4-1-14(23(32)22-24-17(5-10-35-24)25(33)30-29-22)11-18(19)21-16-3-2-15(12-20(16)27-13-28-21)31-6-8-34-9-7-31/h1-5,10-13,17,22-24,29,32H,6-9H2,(H,30,33). The van der Waals surface area contributed by atoms with Crippen LogP contribution in [0.15, 0.2) is 54.2 Å². The first-order chi connectivity index (χ1) is 17.1. The largest absolute Gasteiger partial charge is 0.387 e. The van der Waals surface area contributed by atoms with Gasteiger partial charge in [0.1, 0.15) is 12.1 Å². The number of rotatable bonds is 4. The number of morpholine rings is 1. The number of aliphatic hydroxyl groups is 1. The Hall–Kier alpha value is -3.05. The minimum atomic E-state index is -0.962. The molecule has 6 rings (SSSR count). The summed E-state index contributed by atoms with van der Waals surface area (Å²) in [6.45, 7) is 2.98. The van der Waals surface area contributed by atoms with Crippen LogP contribution in [0.4, 0.5) is 10.1 Å². The molecular formula is C25H24FN5O3S. The maximum atomic E-state index is 15.1. The second-order valence-electron chi connectivity index (χ2n) is 8.82. The lowest BCUT2D eigenvalue weighted by Crippen LogP contribution is -2.61. The highest BCUT2D eigenvalue weighted by Gasteiger charge is 2.43. The maximum absolute atomic E-state index is 15.1. The number of nitrogens with zero attached hydrogens (tertiary/aromatic N) is 3. The van der Waals surface area contributed by atoms with Crippen molar-refractivity contribution in [3.63, 3.8) is 0 Å². The summed E-state index contributed by atoms with van der Waals surface area (Å²) in [5, 5.41) is 13.7. The summed E-state index contributed by atoms with van der Waals surface area (Å²) < 4.78 is 20.5. The van der Waals surface area contributed by atoms with Crippen LogP contribution in [0.5, 0.6) is 0 Å². The third kappa shape index (κ3) is 4.06. The van der Waals surface area contributed by atoms with Gasteiger partial charge in [-0.15, -0.1) is 11.8 Å². The molecular weight excluding hydrogens is 469 g/mol. The van der Waals surface area contributed by atoms with Gasteiger partial charge in [-0.25, -0.2) is 19.8 Å². The first kappa shape index (κ1) is 22.4. The second-order valence-corrected chi connectivity index (χ2v) is 9.91. The van der Waals surface area contributed by atoms with Gasteiger partial charge in [-0.1, -0.05) is 12.1 Å². The number of thioether (sulfide) groups is 1. The zero-order chi connectivity index (χ0) is 23.9. The average Bonchev–Trinajstić information content (AvgIpc) is 3.40. The Labute approximate surface area is 205 Å². The van der Waals surface area contributed by atoms with Crippen LogP contribution < -0.4 is 15.8 Å². The molecule has 4 unspecified atom stereocenters. The molecule has 3 aliphatic heterocycles. The van der Waals surface area contributed by atoms with Crippen LogP contribution >= 0.6 is 11.8 Å². The number of ether oxygens (including phenoxy) is 1. The fourth-order valence-electron chi connectivity index (χ4n) is 4.93. The van der Waals surface area contributed by atoms with E-state index in [2.05, 4.69) is 25.7 Å². The Kier molecular flexibility index (Phi) is 5.89. The van der Waals surface area contributed by atoms with Crippen molar-refractivity contribution in [3.8, 4) is 11.3 Å². The van der Waals surface area contributed by atoms with Gasteiger partial charge in [-0.05, 0) is 41.3 Å². The van der Waals surface area contributed by atoms with E-state index in [1.165, 1.54) is 24.2 Å². The van der Waals surface area contributed by atoms with Gasteiger partial charge in [0.15, 0.2) is 0 Å². The number of hydrazine groups is 1. The van der Waals surface area contributed by atoms with E-state index in [1.54, 1.807) is 12.1 Å². The van der Waals surface area contributed by atoms with Crippen molar-refractivity contribution in [2.75, 3.05) is 31.2 Å². The molecule has 0 aliphatic carbocycles. The van der Waals surface area contributed by atoms with Crippen molar-refractivity contribution >= 4 is 34.3 Å². The topological polar surface area (TPSA) is 99.6 Å². The van der Waals surface area contributed by atoms with Gasteiger partial charge < -0.3 is 14.7 Å². The highest BCUT2D eigenvalue weighted by Crippen LogP contribution is 2.39. The number of carbonyl (C=O) groups is 1. The summed E-state index contributed by atoms with van der Waals surface area (Å²) >= 11 is 1.51. The smallest absolute Gasteiger partial charge is 0.242 e. The molecule has 4 atom stereocenters. The summed E-state index contributed by atoms with van der Waals surface area (Å²) in [4.78, 5) is 23.2. The molecule has 0 bridgehead atoms. The number of carbonyl (C=O) groups excluding carboxylic acids is 1. The van der Waals surface area contributed by atoms with Crippen LogP contribution in [-0.4, -0.2) is 58.6 Å². The molecule has 10 heteroatoms. The molecule has 35 heavy (non-hydrogen) atoms. The Morgan fingerprint density at radius 2 is 2.03 bits per heavy atom. The summed E-state index contributed by atoms with van der Waals surface area (Å²) in [6.07, 6.45) is 2.32. The van der Waals surface area contributed by atoms with E-state index in [0.29, 0.717) is 30.0 Å². The van der Waals surface area contributed by atoms with Gasteiger partial charge in [0.05, 0.1) is 42.5 Å². The third-order valence-corrected chi connectivity index (χ3v) is 8.03. The number of hydrogen-bond donors (Lipinski definition) is 3. The summed E-state index contributed by atoms with van der Waals surface area (Å²) in [5.74, 6) is -0.867. The lowest BCUT2D eigenvalue weighted by atomic mass is 9.89.